The highest BCUT2D eigenvalue weighted by atomic mass is 35.5. The van der Waals surface area contributed by atoms with Crippen LogP contribution in [0.4, 0.5) is 11.4 Å². The molecule has 2 amide bonds. The third kappa shape index (κ3) is 4.05. The van der Waals surface area contributed by atoms with E-state index in [1.807, 2.05) is 12.1 Å². The van der Waals surface area contributed by atoms with Crippen molar-refractivity contribution in [3.05, 3.63) is 95.0 Å². The van der Waals surface area contributed by atoms with E-state index < -0.39 is 0 Å². The van der Waals surface area contributed by atoms with E-state index in [1.54, 1.807) is 66.7 Å². The molecule has 2 N–H and O–H groups in total. The maximum Gasteiger partial charge on any atom is 0.255 e. The molecule has 0 spiro atoms. The van der Waals surface area contributed by atoms with Gasteiger partial charge in [0.2, 0.25) is 0 Å². The molecular formula is C20H15ClN2O2. The van der Waals surface area contributed by atoms with E-state index in [0.717, 1.165) is 0 Å². The lowest BCUT2D eigenvalue weighted by Crippen LogP contribution is -2.17. The predicted octanol–water partition coefficient (Wildman–Crippen LogP) is 4.84. The van der Waals surface area contributed by atoms with Gasteiger partial charge in [-0.1, -0.05) is 54.1 Å². The molecule has 124 valence electrons. The number of rotatable bonds is 4. The van der Waals surface area contributed by atoms with Gasteiger partial charge in [-0.25, -0.2) is 0 Å². The molecule has 5 heteroatoms. The minimum Gasteiger partial charge on any atom is -0.320 e. The van der Waals surface area contributed by atoms with Crippen LogP contribution in [-0.2, 0) is 0 Å². The van der Waals surface area contributed by atoms with Gasteiger partial charge in [0.25, 0.3) is 11.8 Å². The van der Waals surface area contributed by atoms with Gasteiger partial charge in [0.15, 0.2) is 0 Å². The zero-order valence-electron chi connectivity index (χ0n) is 13.2. The van der Waals surface area contributed by atoms with Gasteiger partial charge in [0.05, 0.1) is 16.4 Å². The number of nitrogens with one attached hydrogen (secondary N) is 2. The molecule has 0 aromatic heterocycles. The van der Waals surface area contributed by atoms with E-state index >= 15 is 0 Å². The van der Waals surface area contributed by atoms with Crippen molar-refractivity contribution in [1.82, 2.24) is 0 Å². The molecule has 0 fully saturated rings. The molecule has 25 heavy (non-hydrogen) atoms. The van der Waals surface area contributed by atoms with Crippen molar-refractivity contribution in [3.8, 4) is 0 Å². The van der Waals surface area contributed by atoms with Gasteiger partial charge in [-0.2, -0.15) is 0 Å². The zero-order chi connectivity index (χ0) is 17.6. The second-order valence-corrected chi connectivity index (χ2v) is 5.71. The highest BCUT2D eigenvalue weighted by molar-refractivity contribution is 6.35. The normalized spacial score (nSPS) is 10.1. The van der Waals surface area contributed by atoms with E-state index in [2.05, 4.69) is 10.6 Å². The molecule has 0 aliphatic carbocycles. The summed E-state index contributed by atoms with van der Waals surface area (Å²) >= 11 is 6.22. The molecule has 0 unspecified atom stereocenters. The van der Waals surface area contributed by atoms with Gasteiger partial charge in [-0.15, -0.1) is 0 Å². The fourth-order valence-electron chi connectivity index (χ4n) is 2.31. The van der Waals surface area contributed by atoms with Gasteiger partial charge < -0.3 is 10.6 Å². The average Bonchev–Trinajstić information content (AvgIpc) is 2.66. The molecular weight excluding hydrogens is 336 g/mol. The first-order valence-electron chi connectivity index (χ1n) is 7.66. The van der Waals surface area contributed by atoms with Crippen LogP contribution in [-0.4, -0.2) is 11.8 Å². The Labute approximate surface area is 150 Å². The van der Waals surface area contributed by atoms with Crippen LogP contribution in [0.2, 0.25) is 5.02 Å². The Morgan fingerprint density at radius 2 is 1.16 bits per heavy atom. The van der Waals surface area contributed by atoms with Crippen LogP contribution in [0.5, 0.6) is 0 Å². The van der Waals surface area contributed by atoms with Crippen molar-refractivity contribution in [2.45, 2.75) is 0 Å². The molecule has 0 saturated carbocycles. The van der Waals surface area contributed by atoms with Gasteiger partial charge in [-0.05, 0) is 36.4 Å². The first kappa shape index (κ1) is 16.7. The summed E-state index contributed by atoms with van der Waals surface area (Å²) in [5.41, 5.74) is 1.82. The fraction of sp³-hybridized carbons (Fsp3) is 0. The highest BCUT2D eigenvalue weighted by Gasteiger charge is 2.14. The monoisotopic (exact) mass is 350 g/mol. The number of amides is 2. The molecule has 0 bridgehead atoms. The SMILES string of the molecule is O=C(Nc1cccc(Cl)c1NC(=O)c1ccccc1)c1ccccc1. The zero-order valence-corrected chi connectivity index (χ0v) is 14.0. The fourth-order valence-corrected chi connectivity index (χ4v) is 2.54. The van der Waals surface area contributed by atoms with Crippen LogP contribution < -0.4 is 10.6 Å². The number of para-hydroxylation sites is 1. The summed E-state index contributed by atoms with van der Waals surface area (Å²) in [5.74, 6) is -0.581. The van der Waals surface area contributed by atoms with Crippen molar-refractivity contribution in [1.29, 1.82) is 0 Å². The number of hydrogen-bond donors (Lipinski definition) is 2. The Balaban J connectivity index is 1.85. The summed E-state index contributed by atoms with van der Waals surface area (Å²) in [6.07, 6.45) is 0. The second kappa shape index (κ2) is 7.64. The number of halogens is 1. The third-order valence-electron chi connectivity index (χ3n) is 3.57. The lowest BCUT2D eigenvalue weighted by Gasteiger charge is -2.14. The highest BCUT2D eigenvalue weighted by Crippen LogP contribution is 2.31. The molecule has 3 aromatic carbocycles. The van der Waals surface area contributed by atoms with E-state index in [0.29, 0.717) is 27.5 Å². The van der Waals surface area contributed by atoms with Crippen LogP contribution in [0, 0.1) is 0 Å². The van der Waals surface area contributed by atoms with E-state index in [9.17, 15) is 9.59 Å². The van der Waals surface area contributed by atoms with Crippen LogP contribution in [0.25, 0.3) is 0 Å². The second-order valence-electron chi connectivity index (χ2n) is 5.30. The lowest BCUT2D eigenvalue weighted by molar-refractivity contribution is 0.101. The molecule has 4 nitrogen and oxygen atoms in total. The molecule has 3 rings (SSSR count). The first-order valence-corrected chi connectivity index (χ1v) is 8.04. The van der Waals surface area contributed by atoms with Crippen molar-refractivity contribution < 1.29 is 9.59 Å². The Bertz CT molecular complexity index is 896. The average molecular weight is 351 g/mol. The molecule has 0 radical (unpaired) electrons. The largest absolute Gasteiger partial charge is 0.320 e. The van der Waals surface area contributed by atoms with Crippen molar-refractivity contribution in [2.75, 3.05) is 10.6 Å². The van der Waals surface area contributed by atoms with Crippen molar-refractivity contribution in [3.63, 3.8) is 0 Å². The van der Waals surface area contributed by atoms with Crippen molar-refractivity contribution >= 4 is 34.8 Å². The molecule has 0 aliphatic heterocycles. The topological polar surface area (TPSA) is 58.2 Å². The molecule has 0 aliphatic rings. The predicted molar refractivity (Wildman–Crippen MR) is 100 cm³/mol. The van der Waals surface area contributed by atoms with Gasteiger partial charge in [0, 0.05) is 11.1 Å². The van der Waals surface area contributed by atoms with E-state index in [4.69, 9.17) is 11.6 Å². The number of carbonyl (C=O) groups excluding carboxylic acids is 2. The van der Waals surface area contributed by atoms with Gasteiger partial charge in [0.1, 0.15) is 0 Å². The quantitative estimate of drug-likeness (QED) is 0.707. The lowest BCUT2D eigenvalue weighted by atomic mass is 10.2. The minimum atomic E-state index is -0.302. The number of benzene rings is 3. The summed E-state index contributed by atoms with van der Waals surface area (Å²) in [7, 11) is 0. The summed E-state index contributed by atoms with van der Waals surface area (Å²) in [4.78, 5) is 24.8. The van der Waals surface area contributed by atoms with Crippen LogP contribution in [0.3, 0.4) is 0 Å². The number of carbonyl (C=O) groups is 2. The first-order chi connectivity index (χ1) is 12.1. The summed E-state index contributed by atoms with van der Waals surface area (Å²) in [5, 5.41) is 5.90. The number of hydrogen-bond acceptors (Lipinski definition) is 2. The van der Waals surface area contributed by atoms with Gasteiger partial charge >= 0.3 is 0 Å². The Morgan fingerprint density at radius 1 is 0.640 bits per heavy atom. The third-order valence-corrected chi connectivity index (χ3v) is 3.89. The van der Waals surface area contributed by atoms with Crippen molar-refractivity contribution in [2.24, 2.45) is 0 Å². The van der Waals surface area contributed by atoms with Crippen LogP contribution >= 0.6 is 11.6 Å². The molecule has 3 aromatic rings. The Morgan fingerprint density at radius 3 is 1.72 bits per heavy atom. The smallest absolute Gasteiger partial charge is 0.255 e. The van der Waals surface area contributed by atoms with E-state index in [-0.39, 0.29) is 11.8 Å². The summed E-state index contributed by atoms with van der Waals surface area (Å²) in [6, 6.07) is 22.7. The number of anilines is 2. The Hall–Kier alpha value is -3.11. The minimum absolute atomic E-state index is 0.280. The molecule has 0 heterocycles. The van der Waals surface area contributed by atoms with Gasteiger partial charge in [-0.3, -0.25) is 9.59 Å². The van der Waals surface area contributed by atoms with Crippen LogP contribution in [0.1, 0.15) is 20.7 Å². The summed E-state index contributed by atoms with van der Waals surface area (Å²) < 4.78 is 0. The maximum absolute atomic E-state index is 12.4. The Kier molecular flexibility index (Phi) is 5.11. The molecule has 0 atom stereocenters. The standard InChI is InChI=1S/C20H15ClN2O2/c21-16-12-7-13-17(22-19(24)14-8-3-1-4-9-14)18(16)23-20(25)15-10-5-2-6-11-15/h1-13H,(H,22,24)(H,23,25). The van der Waals surface area contributed by atoms with E-state index in [1.165, 1.54) is 0 Å². The maximum atomic E-state index is 12.4. The summed E-state index contributed by atoms with van der Waals surface area (Å²) in [6.45, 7) is 0. The molecule has 0 saturated heterocycles. The van der Waals surface area contributed by atoms with Crippen LogP contribution in [0.15, 0.2) is 78.9 Å².